The summed E-state index contributed by atoms with van der Waals surface area (Å²) in [5.41, 5.74) is 0. The van der Waals surface area contributed by atoms with Crippen molar-refractivity contribution in [2.24, 2.45) is 0 Å². The predicted molar refractivity (Wildman–Crippen MR) is 58.4 cm³/mol. The highest BCUT2D eigenvalue weighted by molar-refractivity contribution is 5.04. The van der Waals surface area contributed by atoms with E-state index in [4.69, 9.17) is 0 Å². The standard InChI is InChI=1S/C10H24N3/c1-9(2)10(11(3)4,12(5)6)13(7)8/h1-8H3. The Kier molecular flexibility index (Phi) is 4.36. The van der Waals surface area contributed by atoms with Gasteiger partial charge in [-0.2, -0.15) is 0 Å². The molecular weight excluding hydrogens is 162 g/mol. The average molecular weight is 186 g/mol. The average Bonchev–Trinajstić information content (AvgIpc) is 1.82. The van der Waals surface area contributed by atoms with Gasteiger partial charge in [0, 0.05) is 5.92 Å². The molecule has 0 rings (SSSR count). The molecule has 0 atom stereocenters. The summed E-state index contributed by atoms with van der Waals surface area (Å²) < 4.78 is 0. The fraction of sp³-hybridized carbons (Fsp3) is 0.900. The molecule has 0 amide bonds. The molecule has 0 aliphatic carbocycles. The van der Waals surface area contributed by atoms with E-state index in [1.54, 1.807) is 0 Å². The van der Waals surface area contributed by atoms with Crippen LogP contribution in [0.5, 0.6) is 0 Å². The summed E-state index contributed by atoms with van der Waals surface area (Å²) in [6, 6.07) is 0. The third kappa shape index (κ3) is 2.03. The highest BCUT2D eigenvalue weighted by Gasteiger charge is 2.41. The van der Waals surface area contributed by atoms with Crippen LogP contribution >= 0.6 is 0 Å². The van der Waals surface area contributed by atoms with Crippen molar-refractivity contribution in [3.63, 3.8) is 0 Å². The van der Waals surface area contributed by atoms with Crippen molar-refractivity contribution in [2.75, 3.05) is 42.3 Å². The van der Waals surface area contributed by atoms with Crippen LogP contribution in [0, 0.1) is 5.92 Å². The lowest BCUT2D eigenvalue weighted by atomic mass is 10.0. The molecule has 0 aromatic carbocycles. The van der Waals surface area contributed by atoms with Crippen LogP contribution in [0.2, 0.25) is 0 Å². The fourth-order valence-electron chi connectivity index (χ4n) is 2.54. The Hall–Kier alpha value is -0.120. The lowest BCUT2D eigenvalue weighted by Gasteiger charge is -2.52. The van der Waals surface area contributed by atoms with Gasteiger partial charge in [0.2, 0.25) is 0 Å². The van der Waals surface area contributed by atoms with Crippen molar-refractivity contribution in [3.8, 4) is 0 Å². The first-order chi connectivity index (χ1) is 5.77. The maximum atomic E-state index is 2.22. The van der Waals surface area contributed by atoms with Crippen LogP contribution in [0.1, 0.15) is 13.8 Å². The third-order valence-electron chi connectivity index (χ3n) is 2.54. The number of hydrogen-bond donors (Lipinski definition) is 0. The number of hydrogen-bond acceptors (Lipinski definition) is 3. The molecule has 3 heteroatoms. The van der Waals surface area contributed by atoms with Gasteiger partial charge in [0.15, 0.2) is 0 Å². The lowest BCUT2D eigenvalue weighted by Crippen LogP contribution is -2.66. The van der Waals surface area contributed by atoms with Crippen molar-refractivity contribution >= 4 is 0 Å². The van der Waals surface area contributed by atoms with E-state index in [9.17, 15) is 0 Å². The molecule has 1 radical (unpaired) electrons. The summed E-state index contributed by atoms with van der Waals surface area (Å²) >= 11 is 0. The van der Waals surface area contributed by atoms with Gasteiger partial charge in [-0.15, -0.1) is 0 Å². The predicted octanol–water partition coefficient (Wildman–Crippen LogP) is 0.939. The Morgan fingerprint density at radius 2 is 0.923 bits per heavy atom. The maximum absolute atomic E-state index is 2.22. The maximum Gasteiger partial charge on any atom is 0.135 e. The summed E-state index contributed by atoms with van der Waals surface area (Å²) in [6.45, 7) is 4.33. The molecule has 79 valence electrons. The molecule has 0 bridgehead atoms. The second-order valence-corrected chi connectivity index (χ2v) is 4.32. The van der Waals surface area contributed by atoms with Gasteiger partial charge in [-0.3, -0.25) is 14.7 Å². The van der Waals surface area contributed by atoms with Crippen LogP contribution in [-0.4, -0.2) is 62.8 Å². The Labute approximate surface area is 83.3 Å². The molecule has 0 fully saturated rings. The molecule has 0 unspecified atom stereocenters. The summed E-state index contributed by atoms with van der Waals surface area (Å²) in [4.78, 5) is 6.67. The highest BCUT2D eigenvalue weighted by Crippen LogP contribution is 2.28. The SMILES string of the molecule is C[C](C)C(N(C)C)(N(C)C)N(C)C. The molecule has 0 aromatic rings. The first kappa shape index (κ1) is 12.9. The van der Waals surface area contributed by atoms with Crippen LogP contribution in [-0.2, 0) is 0 Å². The smallest absolute Gasteiger partial charge is 0.135 e. The van der Waals surface area contributed by atoms with Crippen LogP contribution < -0.4 is 0 Å². The molecule has 0 N–H and O–H groups in total. The molecular formula is C10H24N3. The van der Waals surface area contributed by atoms with Gasteiger partial charge >= 0.3 is 0 Å². The monoisotopic (exact) mass is 186 g/mol. The number of nitrogens with zero attached hydrogens (tertiary/aromatic N) is 3. The van der Waals surface area contributed by atoms with E-state index in [2.05, 4.69) is 70.8 Å². The number of rotatable bonds is 4. The fourth-order valence-corrected chi connectivity index (χ4v) is 2.54. The van der Waals surface area contributed by atoms with Crippen molar-refractivity contribution in [1.82, 2.24) is 14.7 Å². The van der Waals surface area contributed by atoms with Gasteiger partial charge in [0.25, 0.3) is 0 Å². The van der Waals surface area contributed by atoms with Crippen molar-refractivity contribution in [1.29, 1.82) is 0 Å². The Balaban J connectivity index is 5.06. The minimum Gasteiger partial charge on any atom is -0.279 e. The summed E-state index contributed by atoms with van der Waals surface area (Å²) in [5.74, 6) is 1.28. The zero-order valence-corrected chi connectivity index (χ0v) is 10.3. The zero-order valence-electron chi connectivity index (χ0n) is 10.3. The van der Waals surface area contributed by atoms with E-state index in [0.717, 1.165) is 0 Å². The van der Waals surface area contributed by atoms with Gasteiger partial charge in [0.05, 0.1) is 0 Å². The first-order valence-corrected chi connectivity index (χ1v) is 4.60. The Morgan fingerprint density at radius 1 is 0.692 bits per heavy atom. The highest BCUT2D eigenvalue weighted by atomic mass is 15.5. The van der Waals surface area contributed by atoms with Crippen LogP contribution in [0.4, 0.5) is 0 Å². The van der Waals surface area contributed by atoms with Crippen molar-refractivity contribution < 1.29 is 0 Å². The van der Waals surface area contributed by atoms with Gasteiger partial charge in [-0.05, 0) is 42.3 Å². The summed E-state index contributed by atoms with van der Waals surface area (Å²) in [5, 5.41) is 0. The summed E-state index contributed by atoms with van der Waals surface area (Å²) in [6.07, 6.45) is 0. The second-order valence-electron chi connectivity index (χ2n) is 4.32. The van der Waals surface area contributed by atoms with Gasteiger partial charge < -0.3 is 0 Å². The Morgan fingerprint density at radius 3 is 0.923 bits per heavy atom. The van der Waals surface area contributed by atoms with Crippen LogP contribution in [0.3, 0.4) is 0 Å². The molecule has 3 nitrogen and oxygen atoms in total. The minimum absolute atomic E-state index is 0.0833. The van der Waals surface area contributed by atoms with E-state index in [1.807, 2.05) is 0 Å². The summed E-state index contributed by atoms with van der Waals surface area (Å²) in [7, 11) is 12.6. The quantitative estimate of drug-likeness (QED) is 0.605. The lowest BCUT2D eigenvalue weighted by molar-refractivity contribution is -0.0933. The molecule has 13 heavy (non-hydrogen) atoms. The largest absolute Gasteiger partial charge is 0.279 e. The van der Waals surface area contributed by atoms with Crippen molar-refractivity contribution in [2.45, 2.75) is 19.6 Å². The molecule has 0 heterocycles. The molecule has 0 aromatic heterocycles. The molecule has 0 aliphatic heterocycles. The van der Waals surface area contributed by atoms with Crippen molar-refractivity contribution in [3.05, 3.63) is 5.92 Å². The van der Waals surface area contributed by atoms with E-state index >= 15 is 0 Å². The molecule has 0 saturated heterocycles. The molecule has 0 saturated carbocycles. The van der Waals surface area contributed by atoms with Gasteiger partial charge in [0.1, 0.15) is 5.79 Å². The third-order valence-corrected chi connectivity index (χ3v) is 2.54. The second kappa shape index (κ2) is 4.40. The van der Waals surface area contributed by atoms with Crippen LogP contribution in [0.25, 0.3) is 0 Å². The first-order valence-electron chi connectivity index (χ1n) is 4.60. The van der Waals surface area contributed by atoms with E-state index in [-0.39, 0.29) is 5.79 Å². The van der Waals surface area contributed by atoms with E-state index in [0.29, 0.717) is 0 Å². The van der Waals surface area contributed by atoms with Gasteiger partial charge in [-0.25, -0.2) is 0 Å². The van der Waals surface area contributed by atoms with Crippen LogP contribution in [0.15, 0.2) is 0 Å². The van der Waals surface area contributed by atoms with Gasteiger partial charge in [-0.1, -0.05) is 13.8 Å². The van der Waals surface area contributed by atoms with E-state index < -0.39 is 0 Å². The topological polar surface area (TPSA) is 9.72 Å². The normalized spacial score (nSPS) is 13.8. The molecule has 0 aliphatic rings. The zero-order chi connectivity index (χ0) is 10.8. The molecule has 0 spiro atoms. The van der Waals surface area contributed by atoms with E-state index in [1.165, 1.54) is 5.92 Å². The minimum atomic E-state index is -0.0833. The Bertz CT molecular complexity index is 113.